The van der Waals surface area contributed by atoms with Crippen LogP contribution in [0.15, 0.2) is 0 Å². The first-order valence-electron chi connectivity index (χ1n) is 3.08. The van der Waals surface area contributed by atoms with Crippen molar-refractivity contribution in [1.29, 1.82) is 0 Å². The summed E-state index contributed by atoms with van der Waals surface area (Å²) in [5, 5.41) is 34.3. The molecule has 0 atom stereocenters. The quantitative estimate of drug-likeness (QED) is 0.386. The molecule has 0 heterocycles. The van der Waals surface area contributed by atoms with Crippen molar-refractivity contribution >= 4 is 0 Å². The van der Waals surface area contributed by atoms with Crippen LogP contribution in [0, 0.1) is 6.92 Å². The van der Waals surface area contributed by atoms with Crippen molar-refractivity contribution in [2.45, 2.75) is 31.3 Å². The van der Waals surface area contributed by atoms with E-state index in [-0.39, 0.29) is 19.3 Å². The fourth-order valence-electron chi connectivity index (χ4n) is 0.485. The second kappa shape index (κ2) is 3.88. The van der Waals surface area contributed by atoms with E-state index in [1.807, 2.05) is 0 Å². The molecule has 0 unspecified atom stereocenters. The highest BCUT2D eigenvalue weighted by Crippen LogP contribution is 2.13. The molecule has 0 aromatic carbocycles. The third-order valence-electron chi connectivity index (χ3n) is 1.20. The first kappa shape index (κ1) is 9.84. The largest absolute Gasteiger partial charge is 0.368 e. The van der Waals surface area contributed by atoms with Crippen LogP contribution < -0.4 is 0 Å². The van der Waals surface area contributed by atoms with Gasteiger partial charge >= 0.3 is 0 Å². The molecule has 0 aliphatic rings. The summed E-state index contributed by atoms with van der Waals surface area (Å²) in [5.41, 5.74) is 0. The summed E-state index contributed by atoms with van der Waals surface area (Å²) in [6, 6.07) is 0. The predicted octanol–water partition coefficient (Wildman–Crippen LogP) is -1.02. The Labute approximate surface area is 59.7 Å². The Balaban J connectivity index is 3.46. The molecule has 4 heteroatoms. The molecule has 0 aromatic rings. The number of aliphatic hydroxyl groups excluding tert-OH is 1. The van der Waals surface area contributed by atoms with Crippen LogP contribution >= 0.6 is 0 Å². The third-order valence-corrected chi connectivity index (χ3v) is 1.20. The lowest BCUT2D eigenvalue weighted by atomic mass is 10.1. The average Bonchev–Trinajstić information content (AvgIpc) is 1.85. The fourth-order valence-corrected chi connectivity index (χ4v) is 0.485. The van der Waals surface area contributed by atoms with Crippen molar-refractivity contribution in [3.8, 4) is 0 Å². The van der Waals surface area contributed by atoms with E-state index < -0.39 is 12.1 Å². The molecule has 0 aliphatic carbocycles. The van der Waals surface area contributed by atoms with E-state index in [1.165, 1.54) is 0 Å². The van der Waals surface area contributed by atoms with Gasteiger partial charge in [-0.25, -0.2) is 0 Å². The lowest BCUT2D eigenvalue weighted by molar-refractivity contribution is -0.175. The smallest absolute Gasteiger partial charge is 0.162 e. The Morgan fingerprint density at radius 3 is 2.10 bits per heavy atom. The van der Waals surface area contributed by atoms with Gasteiger partial charge in [-0.05, 0) is 6.92 Å². The molecule has 0 saturated carbocycles. The van der Waals surface area contributed by atoms with Gasteiger partial charge in [0.2, 0.25) is 0 Å². The highest BCUT2D eigenvalue weighted by molar-refractivity contribution is 4.65. The lowest BCUT2D eigenvalue weighted by Crippen LogP contribution is -2.28. The van der Waals surface area contributed by atoms with E-state index in [2.05, 4.69) is 6.92 Å². The maximum absolute atomic E-state index is 8.84. The van der Waals surface area contributed by atoms with Crippen molar-refractivity contribution in [3.63, 3.8) is 0 Å². The Kier molecular flexibility index (Phi) is 3.81. The van der Waals surface area contributed by atoms with Crippen LogP contribution in [-0.4, -0.2) is 32.5 Å². The van der Waals surface area contributed by atoms with Gasteiger partial charge in [0, 0.05) is 19.3 Å². The van der Waals surface area contributed by atoms with Crippen molar-refractivity contribution in [1.82, 2.24) is 0 Å². The standard InChI is InChI=1S/C6H13O4/c1-2-6(9,10)4-3-5(7)8/h5,7-10H,1-4H2. The molecule has 0 rings (SSSR count). The summed E-state index contributed by atoms with van der Waals surface area (Å²) < 4.78 is 0. The number of rotatable bonds is 4. The summed E-state index contributed by atoms with van der Waals surface area (Å²) >= 11 is 0. The highest BCUT2D eigenvalue weighted by Gasteiger charge is 2.20. The van der Waals surface area contributed by atoms with Gasteiger partial charge in [-0.1, -0.05) is 0 Å². The monoisotopic (exact) mass is 149 g/mol. The minimum absolute atomic E-state index is 0.0531. The van der Waals surface area contributed by atoms with E-state index >= 15 is 0 Å². The van der Waals surface area contributed by atoms with Crippen LogP contribution in [0.3, 0.4) is 0 Å². The average molecular weight is 149 g/mol. The first-order valence-corrected chi connectivity index (χ1v) is 3.08. The van der Waals surface area contributed by atoms with Crippen LogP contribution in [0.5, 0.6) is 0 Å². The minimum Gasteiger partial charge on any atom is -0.368 e. The normalized spacial score (nSPS) is 12.6. The molecule has 4 N–H and O–H groups in total. The predicted molar refractivity (Wildman–Crippen MR) is 34.6 cm³/mol. The van der Waals surface area contributed by atoms with Crippen LogP contribution in [0.1, 0.15) is 19.3 Å². The zero-order chi connectivity index (χ0) is 8.20. The summed E-state index contributed by atoms with van der Waals surface area (Å²) in [6.45, 7) is 3.27. The van der Waals surface area contributed by atoms with Gasteiger partial charge in [-0.2, -0.15) is 0 Å². The molecular weight excluding hydrogens is 136 g/mol. The van der Waals surface area contributed by atoms with Crippen molar-refractivity contribution < 1.29 is 20.4 Å². The number of hydrogen-bond acceptors (Lipinski definition) is 4. The summed E-state index contributed by atoms with van der Waals surface area (Å²) in [5.74, 6) is -1.86. The topological polar surface area (TPSA) is 80.9 Å². The van der Waals surface area contributed by atoms with E-state index in [1.54, 1.807) is 0 Å². The molecule has 4 nitrogen and oxygen atoms in total. The summed E-state index contributed by atoms with van der Waals surface area (Å²) in [4.78, 5) is 0. The molecule has 0 aliphatic heterocycles. The zero-order valence-electron chi connectivity index (χ0n) is 5.69. The van der Waals surface area contributed by atoms with Crippen molar-refractivity contribution in [2.75, 3.05) is 0 Å². The van der Waals surface area contributed by atoms with E-state index in [0.717, 1.165) is 0 Å². The molecule has 0 amide bonds. The maximum atomic E-state index is 8.84. The van der Waals surface area contributed by atoms with Gasteiger partial charge in [-0.3, -0.25) is 0 Å². The Morgan fingerprint density at radius 1 is 1.30 bits per heavy atom. The first-order chi connectivity index (χ1) is 4.48. The van der Waals surface area contributed by atoms with Gasteiger partial charge in [0.15, 0.2) is 12.1 Å². The molecule has 0 spiro atoms. The second-order valence-corrected chi connectivity index (χ2v) is 2.25. The van der Waals surface area contributed by atoms with Crippen LogP contribution in [0.2, 0.25) is 0 Å². The second-order valence-electron chi connectivity index (χ2n) is 2.25. The van der Waals surface area contributed by atoms with Crippen LogP contribution in [0.25, 0.3) is 0 Å². The van der Waals surface area contributed by atoms with Crippen molar-refractivity contribution in [2.24, 2.45) is 0 Å². The van der Waals surface area contributed by atoms with Gasteiger partial charge < -0.3 is 20.4 Å². The molecule has 1 radical (unpaired) electrons. The van der Waals surface area contributed by atoms with Crippen LogP contribution in [0.4, 0.5) is 0 Å². The number of aliphatic hydroxyl groups is 4. The Morgan fingerprint density at radius 2 is 1.80 bits per heavy atom. The zero-order valence-corrected chi connectivity index (χ0v) is 5.69. The molecule has 0 fully saturated rings. The van der Waals surface area contributed by atoms with Gasteiger partial charge in [0.1, 0.15) is 0 Å². The fraction of sp³-hybridized carbons (Fsp3) is 0.833. The molecule has 0 aromatic heterocycles. The Hall–Kier alpha value is -0.160. The minimum atomic E-state index is -1.86. The maximum Gasteiger partial charge on any atom is 0.162 e. The summed E-state index contributed by atoms with van der Waals surface area (Å²) in [6.07, 6.45) is -1.67. The van der Waals surface area contributed by atoms with E-state index in [4.69, 9.17) is 20.4 Å². The molecular formula is C6H13O4. The van der Waals surface area contributed by atoms with Gasteiger partial charge in [0.25, 0.3) is 0 Å². The summed E-state index contributed by atoms with van der Waals surface area (Å²) in [7, 11) is 0. The third kappa shape index (κ3) is 4.69. The molecule has 10 heavy (non-hydrogen) atoms. The molecule has 0 saturated heterocycles. The van der Waals surface area contributed by atoms with Crippen molar-refractivity contribution in [3.05, 3.63) is 6.92 Å². The van der Waals surface area contributed by atoms with E-state index in [9.17, 15) is 0 Å². The Bertz CT molecular complexity index is 89.7. The van der Waals surface area contributed by atoms with Crippen LogP contribution in [-0.2, 0) is 0 Å². The van der Waals surface area contributed by atoms with E-state index in [0.29, 0.717) is 0 Å². The number of hydrogen-bond donors (Lipinski definition) is 4. The SMILES string of the molecule is [CH2]CC(O)(O)CCC(O)O. The van der Waals surface area contributed by atoms with Gasteiger partial charge in [0.05, 0.1) is 0 Å². The molecule has 0 bridgehead atoms. The van der Waals surface area contributed by atoms with Gasteiger partial charge in [-0.15, -0.1) is 0 Å². The molecule has 61 valence electrons. The highest BCUT2D eigenvalue weighted by atomic mass is 16.5. The lowest BCUT2D eigenvalue weighted by Gasteiger charge is -2.19.